The van der Waals surface area contributed by atoms with Gasteiger partial charge in [0.2, 0.25) is 0 Å². The van der Waals surface area contributed by atoms with Crippen LogP contribution >= 0.6 is 0 Å². The van der Waals surface area contributed by atoms with E-state index >= 15 is 0 Å². The molecule has 5 amide bonds. The number of nitrogens with zero attached hydrogens (tertiary/aromatic N) is 1. The number of urea groups is 2. The predicted molar refractivity (Wildman–Crippen MR) is 111 cm³/mol. The molecule has 1 saturated carbocycles. The molecule has 1 saturated heterocycles. The molecule has 176 valence electrons. The van der Waals surface area contributed by atoms with Crippen molar-refractivity contribution in [3.05, 3.63) is 11.3 Å². The van der Waals surface area contributed by atoms with Crippen LogP contribution in [-0.4, -0.2) is 66.1 Å². The van der Waals surface area contributed by atoms with Crippen LogP contribution in [0.3, 0.4) is 0 Å². The lowest BCUT2D eigenvalue weighted by Gasteiger charge is -2.34. The monoisotopic (exact) mass is 450 g/mol. The molecule has 1 aliphatic carbocycles. The summed E-state index contributed by atoms with van der Waals surface area (Å²) < 4.78 is 10.2. The van der Waals surface area contributed by atoms with Crippen molar-refractivity contribution in [1.82, 2.24) is 20.9 Å². The molecule has 3 aliphatic rings. The quantitative estimate of drug-likeness (QED) is 0.387. The van der Waals surface area contributed by atoms with Gasteiger partial charge in [-0.25, -0.2) is 14.4 Å². The van der Waals surface area contributed by atoms with Crippen LogP contribution in [0.5, 0.6) is 0 Å². The number of hydrogen-bond donors (Lipinski definition) is 3. The highest BCUT2D eigenvalue weighted by molar-refractivity contribution is 6.08. The van der Waals surface area contributed by atoms with Gasteiger partial charge in [0.1, 0.15) is 18.7 Å². The first kappa shape index (κ1) is 23.6. The Hall–Kier alpha value is -3.11. The third-order valence-electron chi connectivity index (χ3n) is 6.31. The molecule has 11 heteroatoms. The van der Waals surface area contributed by atoms with Gasteiger partial charge in [-0.15, -0.1) is 0 Å². The zero-order valence-electron chi connectivity index (χ0n) is 18.6. The molecule has 0 radical (unpaired) electrons. The summed E-state index contributed by atoms with van der Waals surface area (Å²) in [6.45, 7) is 4.55. The fourth-order valence-electron chi connectivity index (χ4n) is 4.46. The molecule has 0 aromatic rings. The van der Waals surface area contributed by atoms with Crippen molar-refractivity contribution in [2.45, 2.75) is 64.5 Å². The van der Waals surface area contributed by atoms with Gasteiger partial charge in [-0.05, 0) is 45.4 Å². The van der Waals surface area contributed by atoms with E-state index in [9.17, 15) is 24.0 Å². The van der Waals surface area contributed by atoms with Crippen LogP contribution in [0.25, 0.3) is 0 Å². The molecule has 1 spiro atoms. The third-order valence-corrected chi connectivity index (χ3v) is 6.31. The minimum Gasteiger partial charge on any atom is -0.463 e. The molecule has 3 N–H and O–H groups in total. The normalized spacial score (nSPS) is 27.7. The van der Waals surface area contributed by atoms with Crippen molar-refractivity contribution >= 4 is 29.9 Å². The first-order valence-corrected chi connectivity index (χ1v) is 11.0. The molecule has 1 unspecified atom stereocenters. The van der Waals surface area contributed by atoms with E-state index in [0.29, 0.717) is 18.8 Å². The van der Waals surface area contributed by atoms with E-state index in [1.165, 1.54) is 0 Å². The van der Waals surface area contributed by atoms with Crippen molar-refractivity contribution in [2.24, 2.45) is 5.92 Å². The topological polar surface area (TPSA) is 143 Å². The molecule has 2 fully saturated rings. The number of esters is 2. The Morgan fingerprint density at radius 3 is 2.44 bits per heavy atom. The molecule has 2 heterocycles. The van der Waals surface area contributed by atoms with Gasteiger partial charge < -0.3 is 25.4 Å². The number of rotatable bonds is 7. The van der Waals surface area contributed by atoms with Gasteiger partial charge in [-0.3, -0.25) is 14.5 Å². The maximum absolute atomic E-state index is 12.9. The standard InChI is InChI=1S/C21H30N4O7/c1-4-13-6-8-21(9-7-13)18(28)25(20(30)24-21)10-15(26)32-11-14-16(17(27)31-5-2)12(3)22-19(29)23-14/h12-13H,4-11H2,1-3H3,(H,24,30)(H2,22,23,29). The van der Waals surface area contributed by atoms with Gasteiger partial charge in [-0.1, -0.05) is 13.3 Å². The van der Waals surface area contributed by atoms with Gasteiger partial charge in [0.25, 0.3) is 5.91 Å². The van der Waals surface area contributed by atoms with Crippen LogP contribution in [0.4, 0.5) is 9.59 Å². The lowest BCUT2D eigenvalue weighted by molar-refractivity contribution is -0.147. The minimum absolute atomic E-state index is 0.0969. The van der Waals surface area contributed by atoms with E-state index in [4.69, 9.17) is 9.47 Å². The second kappa shape index (κ2) is 9.58. The number of amides is 5. The zero-order chi connectivity index (χ0) is 23.5. The van der Waals surface area contributed by atoms with E-state index in [2.05, 4.69) is 22.9 Å². The average Bonchev–Trinajstić information content (AvgIpc) is 2.96. The Labute approximate surface area is 186 Å². The summed E-state index contributed by atoms with van der Waals surface area (Å²) in [4.78, 5) is 62.6. The van der Waals surface area contributed by atoms with Crippen LogP contribution < -0.4 is 16.0 Å². The summed E-state index contributed by atoms with van der Waals surface area (Å²) in [6, 6.07) is -1.80. The number of ether oxygens (including phenoxy) is 2. The van der Waals surface area contributed by atoms with E-state index in [1.807, 2.05) is 0 Å². The van der Waals surface area contributed by atoms with Gasteiger partial charge in [0, 0.05) is 0 Å². The highest BCUT2D eigenvalue weighted by atomic mass is 16.5. The van der Waals surface area contributed by atoms with Crippen molar-refractivity contribution in [1.29, 1.82) is 0 Å². The average molecular weight is 450 g/mol. The Morgan fingerprint density at radius 1 is 1.12 bits per heavy atom. The van der Waals surface area contributed by atoms with Crippen LogP contribution in [0, 0.1) is 5.92 Å². The summed E-state index contributed by atoms with van der Waals surface area (Å²) in [5.74, 6) is -1.35. The molecule has 32 heavy (non-hydrogen) atoms. The van der Waals surface area contributed by atoms with Gasteiger partial charge in [0.15, 0.2) is 0 Å². The molecule has 11 nitrogen and oxygen atoms in total. The van der Waals surface area contributed by atoms with Crippen LogP contribution in [0.2, 0.25) is 0 Å². The highest BCUT2D eigenvalue weighted by Crippen LogP contribution is 2.37. The first-order chi connectivity index (χ1) is 15.2. The Kier molecular flexibility index (Phi) is 7.05. The maximum Gasteiger partial charge on any atom is 0.338 e. The maximum atomic E-state index is 12.9. The lowest BCUT2D eigenvalue weighted by Crippen LogP contribution is -2.50. The van der Waals surface area contributed by atoms with E-state index in [-0.39, 0.29) is 17.9 Å². The zero-order valence-corrected chi connectivity index (χ0v) is 18.6. The van der Waals surface area contributed by atoms with Gasteiger partial charge in [-0.2, -0.15) is 0 Å². The number of imide groups is 1. The summed E-state index contributed by atoms with van der Waals surface area (Å²) in [5, 5.41) is 7.76. The molecule has 0 aromatic heterocycles. The largest absolute Gasteiger partial charge is 0.463 e. The summed E-state index contributed by atoms with van der Waals surface area (Å²) >= 11 is 0. The van der Waals surface area contributed by atoms with E-state index < -0.39 is 54.6 Å². The van der Waals surface area contributed by atoms with Crippen LogP contribution in [0.15, 0.2) is 11.3 Å². The van der Waals surface area contributed by atoms with Gasteiger partial charge >= 0.3 is 24.0 Å². The van der Waals surface area contributed by atoms with Crippen molar-refractivity contribution in [2.75, 3.05) is 19.8 Å². The fraction of sp³-hybridized carbons (Fsp3) is 0.667. The van der Waals surface area contributed by atoms with Crippen molar-refractivity contribution in [3.8, 4) is 0 Å². The molecular formula is C21H30N4O7. The first-order valence-electron chi connectivity index (χ1n) is 11.0. The van der Waals surface area contributed by atoms with Crippen LogP contribution in [0.1, 0.15) is 52.9 Å². The Morgan fingerprint density at radius 2 is 1.81 bits per heavy atom. The smallest absolute Gasteiger partial charge is 0.338 e. The summed E-state index contributed by atoms with van der Waals surface area (Å²) in [7, 11) is 0. The second-order valence-electron chi connectivity index (χ2n) is 8.35. The van der Waals surface area contributed by atoms with Gasteiger partial charge in [0.05, 0.1) is 23.9 Å². The van der Waals surface area contributed by atoms with E-state index in [1.54, 1.807) is 13.8 Å². The Balaban J connectivity index is 1.63. The lowest BCUT2D eigenvalue weighted by atomic mass is 9.75. The third kappa shape index (κ3) is 4.71. The van der Waals surface area contributed by atoms with E-state index in [0.717, 1.165) is 24.2 Å². The molecule has 1 atom stereocenters. The molecule has 3 rings (SSSR count). The molecular weight excluding hydrogens is 420 g/mol. The number of carbonyl (C=O) groups excluding carboxylic acids is 5. The number of hydrogen-bond acceptors (Lipinski definition) is 7. The van der Waals surface area contributed by atoms with Crippen molar-refractivity contribution in [3.63, 3.8) is 0 Å². The summed E-state index contributed by atoms with van der Waals surface area (Å²) in [5.41, 5.74) is -0.707. The predicted octanol–water partition coefficient (Wildman–Crippen LogP) is 0.939. The fourth-order valence-corrected chi connectivity index (χ4v) is 4.46. The minimum atomic E-state index is -0.943. The number of carbonyl (C=O) groups is 5. The SMILES string of the molecule is CCOC(=O)C1=C(COC(=O)CN2C(=O)NC3(CCC(CC)CC3)C2=O)NC(=O)NC1C. The summed E-state index contributed by atoms with van der Waals surface area (Å²) in [6.07, 6.45) is 3.82. The molecule has 0 bridgehead atoms. The second-order valence-corrected chi connectivity index (χ2v) is 8.35. The molecule has 0 aromatic carbocycles. The van der Waals surface area contributed by atoms with Crippen LogP contribution in [-0.2, 0) is 23.9 Å². The van der Waals surface area contributed by atoms with Crippen molar-refractivity contribution < 1.29 is 33.4 Å². The highest BCUT2D eigenvalue weighted by Gasteiger charge is 2.52. The molecule has 2 aliphatic heterocycles. The Bertz CT molecular complexity index is 845. The number of nitrogens with one attached hydrogen (secondary N) is 3.